The van der Waals surface area contributed by atoms with Gasteiger partial charge in [0, 0.05) is 0 Å². The lowest BCUT2D eigenvalue weighted by Crippen LogP contribution is -2.52. The summed E-state index contributed by atoms with van der Waals surface area (Å²) in [5.41, 5.74) is 4.98. The normalized spacial score (nSPS) is 11.1. The van der Waals surface area contributed by atoms with Gasteiger partial charge in [-0.2, -0.15) is 0 Å². The van der Waals surface area contributed by atoms with Gasteiger partial charge >= 0.3 is 0 Å². The first-order valence-corrected chi connectivity index (χ1v) is 4.98. The van der Waals surface area contributed by atoms with Crippen LogP contribution in [0.25, 0.3) is 0 Å². The zero-order chi connectivity index (χ0) is 11.6. The smallest absolute Gasteiger partial charge is 0.256 e. The van der Waals surface area contributed by atoms with Crippen LogP contribution in [0.2, 0.25) is 5.22 Å². The highest BCUT2D eigenvalue weighted by molar-refractivity contribution is 7.80. The number of nitrogens with one attached hydrogen (secondary N) is 1. The van der Waals surface area contributed by atoms with Crippen LogP contribution in [0.1, 0.15) is 24.2 Å². The molecule has 0 bridgehead atoms. The third-order valence-electron chi connectivity index (χ3n) is 1.90. The Kier molecular flexibility index (Phi) is 3.36. The number of halogens is 1. The summed E-state index contributed by atoms with van der Waals surface area (Å²) in [6.45, 7) is 3.42. The van der Waals surface area contributed by atoms with Gasteiger partial charge in [-0.25, -0.2) is 0 Å². The molecule has 4 nitrogen and oxygen atoms in total. The summed E-state index contributed by atoms with van der Waals surface area (Å²) >= 11 is 10.5. The Hall–Kier alpha value is -1.07. The fourth-order valence-electron chi connectivity index (χ4n) is 0.869. The highest BCUT2D eigenvalue weighted by atomic mass is 35.5. The van der Waals surface area contributed by atoms with E-state index in [4.69, 9.17) is 34.0 Å². The molecular weight excluding hydrogens is 236 g/mol. The molecule has 0 saturated carbocycles. The van der Waals surface area contributed by atoms with Crippen molar-refractivity contribution in [3.8, 4) is 0 Å². The number of amides is 1. The van der Waals surface area contributed by atoms with Gasteiger partial charge in [-0.15, -0.1) is 0 Å². The highest BCUT2D eigenvalue weighted by Crippen LogP contribution is 2.17. The van der Waals surface area contributed by atoms with Crippen LogP contribution >= 0.6 is 23.8 Å². The predicted molar refractivity (Wildman–Crippen MR) is 62.0 cm³/mol. The molecule has 0 atom stereocenters. The molecule has 0 radical (unpaired) electrons. The van der Waals surface area contributed by atoms with E-state index in [-0.39, 0.29) is 21.7 Å². The zero-order valence-electron chi connectivity index (χ0n) is 8.33. The van der Waals surface area contributed by atoms with Crippen molar-refractivity contribution in [1.82, 2.24) is 5.32 Å². The van der Waals surface area contributed by atoms with Crippen LogP contribution in [-0.4, -0.2) is 16.4 Å². The lowest BCUT2D eigenvalue weighted by Gasteiger charge is -2.24. The van der Waals surface area contributed by atoms with E-state index in [2.05, 4.69) is 5.32 Å². The van der Waals surface area contributed by atoms with E-state index < -0.39 is 5.54 Å². The van der Waals surface area contributed by atoms with Gasteiger partial charge in [0.2, 0.25) is 5.22 Å². The molecule has 0 unspecified atom stereocenters. The molecule has 1 amide bonds. The fraction of sp³-hybridized carbons (Fsp3) is 0.333. The van der Waals surface area contributed by atoms with Crippen molar-refractivity contribution in [2.45, 2.75) is 19.4 Å². The van der Waals surface area contributed by atoms with Crippen molar-refractivity contribution in [1.29, 1.82) is 0 Å². The molecule has 1 aromatic heterocycles. The van der Waals surface area contributed by atoms with Crippen LogP contribution in [0.15, 0.2) is 16.7 Å². The Morgan fingerprint density at radius 3 is 2.67 bits per heavy atom. The molecule has 82 valence electrons. The van der Waals surface area contributed by atoms with E-state index in [1.807, 2.05) is 0 Å². The van der Waals surface area contributed by atoms with Gasteiger partial charge in [0.05, 0.1) is 22.4 Å². The van der Waals surface area contributed by atoms with Gasteiger partial charge < -0.3 is 15.5 Å². The molecule has 0 fully saturated rings. The molecule has 1 aromatic rings. The van der Waals surface area contributed by atoms with E-state index in [0.717, 1.165) is 0 Å². The number of hydrogen-bond acceptors (Lipinski definition) is 3. The molecule has 0 spiro atoms. The fourth-order valence-corrected chi connectivity index (χ4v) is 1.12. The molecule has 1 heterocycles. The van der Waals surface area contributed by atoms with Gasteiger partial charge in [0.25, 0.3) is 5.91 Å². The summed E-state index contributed by atoms with van der Waals surface area (Å²) in [4.78, 5) is 11.9. The monoisotopic (exact) mass is 246 g/mol. The van der Waals surface area contributed by atoms with E-state index in [1.165, 1.54) is 12.3 Å². The van der Waals surface area contributed by atoms with Gasteiger partial charge in [-0.3, -0.25) is 4.79 Å². The van der Waals surface area contributed by atoms with Crippen molar-refractivity contribution >= 4 is 34.7 Å². The molecule has 0 aliphatic rings. The topological polar surface area (TPSA) is 68.3 Å². The first-order chi connectivity index (χ1) is 6.84. The van der Waals surface area contributed by atoms with Crippen molar-refractivity contribution in [3.63, 3.8) is 0 Å². The van der Waals surface area contributed by atoms with Crippen LogP contribution in [-0.2, 0) is 0 Å². The van der Waals surface area contributed by atoms with Crippen LogP contribution in [0.3, 0.4) is 0 Å². The van der Waals surface area contributed by atoms with E-state index in [0.29, 0.717) is 0 Å². The second-order valence-corrected chi connectivity index (χ2v) is 4.33. The second-order valence-electron chi connectivity index (χ2n) is 3.55. The van der Waals surface area contributed by atoms with Crippen LogP contribution in [0.5, 0.6) is 0 Å². The van der Waals surface area contributed by atoms with Gasteiger partial charge in [-0.05, 0) is 31.5 Å². The van der Waals surface area contributed by atoms with Gasteiger partial charge in [0.1, 0.15) is 0 Å². The first-order valence-electron chi connectivity index (χ1n) is 4.20. The predicted octanol–water partition coefficient (Wildman–Crippen LogP) is 1.73. The van der Waals surface area contributed by atoms with Crippen molar-refractivity contribution in [2.75, 3.05) is 0 Å². The Balaban J connectivity index is 2.81. The number of nitrogens with two attached hydrogens (primary N) is 1. The molecule has 3 N–H and O–H groups in total. The average molecular weight is 247 g/mol. The van der Waals surface area contributed by atoms with E-state index in [1.54, 1.807) is 13.8 Å². The quantitative estimate of drug-likeness (QED) is 0.797. The van der Waals surface area contributed by atoms with Crippen molar-refractivity contribution in [2.24, 2.45) is 5.73 Å². The van der Waals surface area contributed by atoms with Gasteiger partial charge in [-0.1, -0.05) is 12.2 Å². The van der Waals surface area contributed by atoms with Crippen LogP contribution in [0.4, 0.5) is 0 Å². The minimum absolute atomic E-state index is 0.0474. The van der Waals surface area contributed by atoms with Crippen LogP contribution in [0, 0.1) is 0 Å². The molecule has 0 aromatic carbocycles. The summed E-state index contributed by atoms with van der Waals surface area (Å²) in [6, 6.07) is 1.48. The number of hydrogen-bond donors (Lipinski definition) is 2. The summed E-state index contributed by atoms with van der Waals surface area (Å²) in [5, 5.41) is 2.70. The lowest BCUT2D eigenvalue weighted by atomic mass is 10.1. The van der Waals surface area contributed by atoms with Crippen molar-refractivity contribution in [3.05, 3.63) is 23.1 Å². The number of thiocarbonyl (C=S) groups is 1. The summed E-state index contributed by atoms with van der Waals surface area (Å²) in [7, 11) is 0. The first kappa shape index (κ1) is 12.0. The van der Waals surface area contributed by atoms with E-state index in [9.17, 15) is 4.79 Å². The van der Waals surface area contributed by atoms with Gasteiger partial charge in [0.15, 0.2) is 0 Å². The minimum atomic E-state index is -0.757. The van der Waals surface area contributed by atoms with E-state index >= 15 is 0 Å². The maximum atomic E-state index is 11.7. The highest BCUT2D eigenvalue weighted by Gasteiger charge is 2.25. The Bertz CT molecular complexity index is 401. The standard InChI is InChI=1S/C9H11ClN2O2S/c1-9(2,8(11)15)12-7(13)5-3-4-14-6(5)10/h3-4H,1-2H3,(H2,11,15)(H,12,13). The Morgan fingerprint density at radius 1 is 1.67 bits per heavy atom. The largest absolute Gasteiger partial charge is 0.452 e. The Morgan fingerprint density at radius 2 is 2.27 bits per heavy atom. The Labute approximate surface area is 97.8 Å². The molecule has 0 aliphatic carbocycles. The molecular formula is C9H11ClN2O2S. The third kappa shape index (κ3) is 2.70. The SMILES string of the molecule is CC(C)(NC(=O)c1ccoc1Cl)C(N)=S. The molecule has 0 aliphatic heterocycles. The third-order valence-corrected chi connectivity index (χ3v) is 2.71. The summed E-state index contributed by atoms with van der Waals surface area (Å²) in [5.74, 6) is -0.369. The minimum Gasteiger partial charge on any atom is -0.452 e. The number of carbonyl (C=O) groups excluding carboxylic acids is 1. The molecule has 0 saturated heterocycles. The maximum Gasteiger partial charge on any atom is 0.256 e. The number of furan rings is 1. The van der Waals surface area contributed by atoms with Crippen LogP contribution < -0.4 is 11.1 Å². The molecule has 6 heteroatoms. The lowest BCUT2D eigenvalue weighted by molar-refractivity contribution is 0.0932. The summed E-state index contributed by atoms with van der Waals surface area (Å²) < 4.78 is 4.80. The maximum absolute atomic E-state index is 11.7. The molecule has 15 heavy (non-hydrogen) atoms. The zero-order valence-corrected chi connectivity index (χ0v) is 9.91. The molecule has 1 rings (SSSR count). The average Bonchev–Trinajstić information content (AvgIpc) is 2.50. The second kappa shape index (κ2) is 4.20. The number of rotatable bonds is 3. The van der Waals surface area contributed by atoms with Crippen molar-refractivity contribution < 1.29 is 9.21 Å². The number of carbonyl (C=O) groups is 1. The summed E-state index contributed by atoms with van der Waals surface area (Å²) in [6.07, 6.45) is 1.34.